The summed E-state index contributed by atoms with van der Waals surface area (Å²) < 4.78 is 0. The third kappa shape index (κ3) is 2.75. The van der Waals surface area contributed by atoms with E-state index in [0.29, 0.717) is 10.0 Å². The number of rotatable bonds is 3. The summed E-state index contributed by atoms with van der Waals surface area (Å²) in [6, 6.07) is 6.91. The Bertz CT molecular complexity index is 550. The molecule has 4 nitrogen and oxygen atoms in total. The Morgan fingerprint density at radius 1 is 1.41 bits per heavy atom. The molecule has 2 aromatic rings. The van der Waals surface area contributed by atoms with E-state index in [1.807, 2.05) is 0 Å². The standard InChI is InChI=1S/C11H8ClNO3S/c12-7-3-1-6(2-4-7)11-13-10(16)8(17-11)5-9(14)15/h1-4,16H,5H2,(H,14,15)/p-1. The van der Waals surface area contributed by atoms with Crippen molar-refractivity contribution < 1.29 is 15.0 Å². The van der Waals surface area contributed by atoms with Crippen LogP contribution in [0.25, 0.3) is 10.6 Å². The zero-order valence-corrected chi connectivity index (χ0v) is 10.1. The van der Waals surface area contributed by atoms with Crippen LogP contribution in [-0.4, -0.2) is 16.1 Å². The number of aromatic nitrogens is 1. The first-order chi connectivity index (χ1) is 8.06. The van der Waals surface area contributed by atoms with Crippen molar-refractivity contribution in [3.05, 3.63) is 34.2 Å². The van der Waals surface area contributed by atoms with Gasteiger partial charge in [0.05, 0.1) is 4.88 Å². The van der Waals surface area contributed by atoms with E-state index in [1.54, 1.807) is 24.3 Å². The summed E-state index contributed by atoms with van der Waals surface area (Å²) in [7, 11) is 0. The summed E-state index contributed by atoms with van der Waals surface area (Å²) in [5.41, 5.74) is 0.777. The zero-order valence-electron chi connectivity index (χ0n) is 8.51. The number of hydrogen-bond donors (Lipinski definition) is 1. The van der Waals surface area contributed by atoms with E-state index in [2.05, 4.69) is 4.98 Å². The number of carboxylic acid groups (broad SMARTS) is 1. The van der Waals surface area contributed by atoms with Gasteiger partial charge in [0.2, 0.25) is 5.88 Å². The van der Waals surface area contributed by atoms with Gasteiger partial charge in [-0.15, -0.1) is 11.3 Å². The van der Waals surface area contributed by atoms with Crippen LogP contribution < -0.4 is 5.11 Å². The van der Waals surface area contributed by atoms with Gasteiger partial charge in [-0.05, 0) is 12.1 Å². The second-order valence-electron chi connectivity index (χ2n) is 3.32. The van der Waals surface area contributed by atoms with Crippen LogP contribution >= 0.6 is 22.9 Å². The largest absolute Gasteiger partial charge is 0.550 e. The minimum absolute atomic E-state index is 0.260. The van der Waals surface area contributed by atoms with Gasteiger partial charge in [0, 0.05) is 23.0 Å². The molecule has 0 aliphatic rings. The molecule has 0 aliphatic heterocycles. The van der Waals surface area contributed by atoms with Gasteiger partial charge in [0.25, 0.3) is 0 Å². The smallest absolute Gasteiger partial charge is 0.226 e. The molecule has 0 fully saturated rings. The Labute approximate surface area is 106 Å². The zero-order chi connectivity index (χ0) is 12.4. The van der Waals surface area contributed by atoms with E-state index in [-0.39, 0.29) is 17.2 Å². The molecule has 1 N–H and O–H groups in total. The molecule has 88 valence electrons. The van der Waals surface area contributed by atoms with E-state index in [1.165, 1.54) is 0 Å². The lowest BCUT2D eigenvalue weighted by atomic mass is 10.2. The molecule has 1 heterocycles. The highest BCUT2D eigenvalue weighted by Gasteiger charge is 2.11. The van der Waals surface area contributed by atoms with Crippen LogP contribution in [0.2, 0.25) is 5.02 Å². The molecule has 0 bridgehead atoms. The van der Waals surface area contributed by atoms with E-state index in [9.17, 15) is 15.0 Å². The van der Waals surface area contributed by atoms with Crippen LogP contribution in [0.1, 0.15) is 4.88 Å². The highest BCUT2D eigenvalue weighted by Crippen LogP contribution is 2.32. The number of aliphatic carboxylic acids is 1. The van der Waals surface area contributed by atoms with Gasteiger partial charge in [0.15, 0.2) is 0 Å². The molecule has 1 aromatic carbocycles. The molecule has 0 unspecified atom stereocenters. The second-order valence-corrected chi connectivity index (χ2v) is 4.84. The third-order valence-electron chi connectivity index (χ3n) is 2.07. The summed E-state index contributed by atoms with van der Waals surface area (Å²) in [6.45, 7) is 0. The van der Waals surface area contributed by atoms with E-state index in [4.69, 9.17) is 11.6 Å². The summed E-state index contributed by atoms with van der Waals surface area (Å²) >= 11 is 6.87. The van der Waals surface area contributed by atoms with E-state index < -0.39 is 5.97 Å². The van der Waals surface area contributed by atoms with Gasteiger partial charge in [-0.25, -0.2) is 4.98 Å². The van der Waals surface area contributed by atoms with Crippen LogP contribution in [0.3, 0.4) is 0 Å². The molecule has 0 atom stereocenters. The normalized spacial score (nSPS) is 10.4. The van der Waals surface area contributed by atoms with Crippen molar-refractivity contribution in [1.82, 2.24) is 4.98 Å². The number of halogens is 1. The SMILES string of the molecule is O=C([O-])Cc1sc(-c2ccc(Cl)cc2)nc1O. The molecule has 0 saturated carbocycles. The van der Waals surface area contributed by atoms with Crippen molar-refractivity contribution in [3.63, 3.8) is 0 Å². The minimum Gasteiger partial charge on any atom is -0.550 e. The molecule has 0 amide bonds. The first kappa shape index (κ1) is 11.9. The van der Waals surface area contributed by atoms with Crippen LogP contribution in [0.4, 0.5) is 0 Å². The molecule has 0 saturated heterocycles. The number of carbonyl (C=O) groups is 1. The monoisotopic (exact) mass is 268 g/mol. The van der Waals surface area contributed by atoms with Crippen molar-refractivity contribution in [2.45, 2.75) is 6.42 Å². The lowest BCUT2D eigenvalue weighted by Gasteiger charge is -1.97. The fourth-order valence-electron chi connectivity index (χ4n) is 1.31. The second kappa shape index (κ2) is 4.73. The maximum Gasteiger partial charge on any atom is 0.226 e. The number of carbonyl (C=O) groups excluding carboxylic acids is 1. The topological polar surface area (TPSA) is 73.2 Å². The van der Waals surface area contributed by atoms with Gasteiger partial charge < -0.3 is 15.0 Å². The summed E-state index contributed by atoms with van der Waals surface area (Å²) in [5, 5.41) is 21.1. The lowest BCUT2D eigenvalue weighted by molar-refractivity contribution is -0.304. The molecule has 17 heavy (non-hydrogen) atoms. The number of carboxylic acids is 1. The quantitative estimate of drug-likeness (QED) is 0.915. The van der Waals surface area contributed by atoms with Crippen LogP contribution in [0.5, 0.6) is 5.88 Å². The van der Waals surface area contributed by atoms with Gasteiger partial charge in [-0.2, -0.15) is 0 Å². The Morgan fingerprint density at radius 3 is 2.65 bits per heavy atom. The van der Waals surface area contributed by atoms with Crippen molar-refractivity contribution in [1.29, 1.82) is 0 Å². The van der Waals surface area contributed by atoms with Crippen LogP contribution in [0.15, 0.2) is 24.3 Å². The molecule has 0 aliphatic carbocycles. The molecule has 2 rings (SSSR count). The maximum atomic E-state index is 10.5. The first-order valence-electron chi connectivity index (χ1n) is 4.70. The van der Waals surface area contributed by atoms with Gasteiger partial charge in [-0.1, -0.05) is 23.7 Å². The fourth-order valence-corrected chi connectivity index (χ4v) is 2.38. The van der Waals surface area contributed by atoms with Gasteiger partial charge in [-0.3, -0.25) is 0 Å². The molecular formula is C11H7ClNO3S-. The highest BCUT2D eigenvalue weighted by molar-refractivity contribution is 7.15. The summed E-state index contributed by atoms with van der Waals surface area (Å²) in [5.74, 6) is -1.50. The highest BCUT2D eigenvalue weighted by atomic mass is 35.5. The molecule has 1 aromatic heterocycles. The molecule has 6 heteroatoms. The first-order valence-corrected chi connectivity index (χ1v) is 5.90. The molecule has 0 spiro atoms. The fraction of sp³-hybridized carbons (Fsp3) is 0.0909. The lowest BCUT2D eigenvalue weighted by Crippen LogP contribution is -2.23. The van der Waals surface area contributed by atoms with Crippen LogP contribution in [-0.2, 0) is 11.2 Å². The molecule has 0 radical (unpaired) electrons. The molecular weight excluding hydrogens is 262 g/mol. The number of thiazole rings is 1. The van der Waals surface area contributed by atoms with Crippen molar-refractivity contribution in [2.75, 3.05) is 0 Å². The van der Waals surface area contributed by atoms with Crippen molar-refractivity contribution in [3.8, 4) is 16.5 Å². The Kier molecular flexibility index (Phi) is 3.31. The average Bonchev–Trinajstić information content (AvgIpc) is 2.60. The number of benzene rings is 1. The third-order valence-corrected chi connectivity index (χ3v) is 3.42. The number of nitrogens with zero attached hydrogens (tertiary/aromatic N) is 1. The number of aromatic hydroxyl groups is 1. The summed E-state index contributed by atoms with van der Waals surface area (Å²) in [6.07, 6.45) is -0.336. The van der Waals surface area contributed by atoms with E-state index >= 15 is 0 Å². The minimum atomic E-state index is -1.24. The Balaban J connectivity index is 2.34. The maximum absolute atomic E-state index is 10.5. The predicted molar refractivity (Wildman–Crippen MR) is 62.9 cm³/mol. The van der Waals surface area contributed by atoms with Gasteiger partial charge >= 0.3 is 0 Å². The number of hydrogen-bond acceptors (Lipinski definition) is 5. The van der Waals surface area contributed by atoms with Crippen LogP contribution in [0, 0.1) is 0 Å². The predicted octanol–water partition coefficient (Wildman–Crippen LogP) is 1.46. The van der Waals surface area contributed by atoms with Gasteiger partial charge in [0.1, 0.15) is 5.01 Å². The van der Waals surface area contributed by atoms with Crippen molar-refractivity contribution in [2.24, 2.45) is 0 Å². The average molecular weight is 269 g/mol. The van der Waals surface area contributed by atoms with Crippen molar-refractivity contribution >= 4 is 28.9 Å². The Hall–Kier alpha value is -1.59. The van der Waals surface area contributed by atoms with E-state index in [0.717, 1.165) is 16.9 Å². The Morgan fingerprint density at radius 2 is 2.06 bits per heavy atom. The summed E-state index contributed by atoms with van der Waals surface area (Å²) in [4.78, 5) is 14.6.